The third kappa shape index (κ3) is 2.41. The molecule has 0 bridgehead atoms. The average Bonchev–Trinajstić information content (AvgIpc) is 2.30. The number of rotatable bonds is 2. The number of hydrogen-bond donors (Lipinski definition) is 0. The zero-order valence-corrected chi connectivity index (χ0v) is 9.69. The molecule has 2 rings (SSSR count). The van der Waals surface area contributed by atoms with Crippen molar-refractivity contribution < 1.29 is 9.13 Å². The van der Waals surface area contributed by atoms with Crippen LogP contribution in [0.3, 0.4) is 0 Å². The van der Waals surface area contributed by atoms with E-state index in [4.69, 9.17) is 16.3 Å². The van der Waals surface area contributed by atoms with Gasteiger partial charge in [-0.15, -0.1) is 10.2 Å². The number of anilines is 1. The van der Waals surface area contributed by atoms with Crippen molar-refractivity contribution in [3.63, 3.8) is 0 Å². The lowest BCUT2D eigenvalue weighted by Gasteiger charge is -2.34. The molecule has 0 spiro atoms. The molecule has 0 aliphatic carbocycles. The highest BCUT2D eigenvalue weighted by atomic mass is 35.5. The standard InChI is InChI=1S/C10H13ClFN3O/c1-15(8-4-5-16-6-7(8)12)10-3-2-9(11)13-14-10/h2-3,7-8H,4-6H2,1H3/t7-,8+/m1/s1. The number of halogens is 2. The maximum Gasteiger partial charge on any atom is 0.151 e. The van der Waals surface area contributed by atoms with Gasteiger partial charge in [0.1, 0.15) is 6.17 Å². The lowest BCUT2D eigenvalue weighted by Crippen LogP contribution is -2.45. The van der Waals surface area contributed by atoms with E-state index in [-0.39, 0.29) is 12.6 Å². The molecule has 6 heteroatoms. The number of alkyl halides is 1. The maximum atomic E-state index is 13.6. The summed E-state index contributed by atoms with van der Waals surface area (Å²) in [4.78, 5) is 1.79. The first-order chi connectivity index (χ1) is 7.68. The van der Waals surface area contributed by atoms with Gasteiger partial charge in [-0.05, 0) is 18.6 Å². The Morgan fingerprint density at radius 2 is 2.31 bits per heavy atom. The van der Waals surface area contributed by atoms with Gasteiger partial charge in [0.15, 0.2) is 11.0 Å². The van der Waals surface area contributed by atoms with Crippen molar-refractivity contribution in [2.75, 3.05) is 25.2 Å². The van der Waals surface area contributed by atoms with Crippen LogP contribution >= 0.6 is 11.6 Å². The van der Waals surface area contributed by atoms with Gasteiger partial charge in [0, 0.05) is 13.7 Å². The molecule has 0 radical (unpaired) electrons. The molecule has 1 aromatic rings. The minimum Gasteiger partial charge on any atom is -0.378 e. The van der Waals surface area contributed by atoms with Crippen molar-refractivity contribution in [3.05, 3.63) is 17.3 Å². The molecule has 2 atom stereocenters. The maximum absolute atomic E-state index is 13.6. The number of aromatic nitrogens is 2. The molecular weight excluding hydrogens is 233 g/mol. The van der Waals surface area contributed by atoms with Gasteiger partial charge in [0.2, 0.25) is 0 Å². The van der Waals surface area contributed by atoms with Gasteiger partial charge in [-0.1, -0.05) is 11.6 Å². The summed E-state index contributed by atoms with van der Waals surface area (Å²) in [6.07, 6.45) is -0.335. The molecule has 88 valence electrons. The SMILES string of the molecule is CN(c1ccc(Cl)nn1)[C@H]1CCOC[C@H]1F. The zero-order valence-electron chi connectivity index (χ0n) is 8.94. The Morgan fingerprint density at radius 3 is 2.94 bits per heavy atom. The van der Waals surface area contributed by atoms with Crippen LogP contribution in [-0.4, -0.2) is 42.7 Å². The summed E-state index contributed by atoms with van der Waals surface area (Å²) in [5, 5.41) is 8.00. The van der Waals surface area contributed by atoms with Crippen LogP contribution in [0.5, 0.6) is 0 Å². The molecule has 1 aliphatic heterocycles. The fraction of sp³-hybridized carbons (Fsp3) is 0.600. The highest BCUT2D eigenvalue weighted by Crippen LogP contribution is 2.21. The van der Waals surface area contributed by atoms with Crippen molar-refractivity contribution >= 4 is 17.4 Å². The van der Waals surface area contributed by atoms with E-state index in [0.29, 0.717) is 24.0 Å². The summed E-state index contributed by atoms with van der Waals surface area (Å²) in [7, 11) is 1.81. The van der Waals surface area contributed by atoms with Crippen LogP contribution in [-0.2, 0) is 4.74 Å². The van der Waals surface area contributed by atoms with Gasteiger partial charge in [0.25, 0.3) is 0 Å². The topological polar surface area (TPSA) is 38.2 Å². The van der Waals surface area contributed by atoms with E-state index in [9.17, 15) is 4.39 Å². The summed E-state index contributed by atoms with van der Waals surface area (Å²) < 4.78 is 18.7. The highest BCUT2D eigenvalue weighted by molar-refractivity contribution is 6.29. The molecular formula is C10H13ClFN3O. The van der Waals surface area contributed by atoms with Gasteiger partial charge < -0.3 is 9.64 Å². The molecule has 0 amide bonds. The third-order valence-corrected chi connectivity index (χ3v) is 2.93. The van der Waals surface area contributed by atoms with E-state index in [0.717, 1.165) is 0 Å². The first-order valence-corrected chi connectivity index (χ1v) is 5.50. The Hall–Kier alpha value is -0.940. The van der Waals surface area contributed by atoms with E-state index in [1.165, 1.54) is 0 Å². The predicted molar refractivity (Wildman–Crippen MR) is 59.6 cm³/mol. The largest absolute Gasteiger partial charge is 0.378 e. The second-order valence-electron chi connectivity index (χ2n) is 3.77. The van der Waals surface area contributed by atoms with E-state index in [1.807, 2.05) is 0 Å². The van der Waals surface area contributed by atoms with Gasteiger partial charge in [-0.25, -0.2) is 4.39 Å². The Kier molecular flexibility index (Phi) is 3.56. The Morgan fingerprint density at radius 1 is 1.50 bits per heavy atom. The fourth-order valence-corrected chi connectivity index (χ4v) is 1.90. The van der Waals surface area contributed by atoms with Crippen LogP contribution in [0.4, 0.5) is 10.2 Å². The van der Waals surface area contributed by atoms with Crippen molar-refractivity contribution in [1.29, 1.82) is 0 Å². The van der Waals surface area contributed by atoms with E-state index in [1.54, 1.807) is 24.1 Å². The van der Waals surface area contributed by atoms with Crippen molar-refractivity contribution in [1.82, 2.24) is 10.2 Å². The van der Waals surface area contributed by atoms with Crippen LogP contribution in [0.15, 0.2) is 12.1 Å². The molecule has 1 aromatic heterocycles. The first kappa shape index (κ1) is 11.5. The molecule has 1 saturated heterocycles. The first-order valence-electron chi connectivity index (χ1n) is 5.12. The van der Waals surface area contributed by atoms with Crippen LogP contribution in [0.1, 0.15) is 6.42 Å². The summed E-state index contributed by atoms with van der Waals surface area (Å²) in [5.74, 6) is 0.624. The molecule has 1 fully saturated rings. The molecule has 0 saturated carbocycles. The second-order valence-corrected chi connectivity index (χ2v) is 4.16. The molecule has 0 N–H and O–H groups in total. The second kappa shape index (κ2) is 4.93. The molecule has 16 heavy (non-hydrogen) atoms. The molecule has 0 aromatic carbocycles. The third-order valence-electron chi connectivity index (χ3n) is 2.73. The normalized spacial score (nSPS) is 25.4. The summed E-state index contributed by atoms with van der Waals surface area (Å²) in [6, 6.07) is 3.18. The molecule has 0 unspecified atom stereocenters. The summed E-state index contributed by atoms with van der Waals surface area (Å²) in [6.45, 7) is 0.729. The average molecular weight is 246 g/mol. The van der Waals surface area contributed by atoms with Crippen molar-refractivity contribution in [3.8, 4) is 0 Å². The minimum atomic E-state index is -0.990. The Labute approximate surface area is 98.4 Å². The van der Waals surface area contributed by atoms with Crippen molar-refractivity contribution in [2.45, 2.75) is 18.6 Å². The Balaban J connectivity index is 2.11. The van der Waals surface area contributed by atoms with Gasteiger partial charge in [0.05, 0.1) is 12.6 Å². The minimum absolute atomic E-state index is 0.149. The number of ether oxygens (including phenoxy) is 1. The van der Waals surface area contributed by atoms with Gasteiger partial charge >= 0.3 is 0 Å². The predicted octanol–water partition coefficient (Wildman–Crippen LogP) is 1.69. The van der Waals surface area contributed by atoms with Crippen molar-refractivity contribution in [2.24, 2.45) is 0 Å². The van der Waals surface area contributed by atoms with E-state index in [2.05, 4.69) is 10.2 Å². The molecule has 4 nitrogen and oxygen atoms in total. The molecule has 2 heterocycles. The van der Waals surface area contributed by atoms with Crippen LogP contribution in [0.2, 0.25) is 5.15 Å². The van der Waals surface area contributed by atoms with Crippen LogP contribution in [0, 0.1) is 0 Å². The number of nitrogens with zero attached hydrogens (tertiary/aromatic N) is 3. The smallest absolute Gasteiger partial charge is 0.151 e. The summed E-state index contributed by atoms with van der Waals surface area (Å²) >= 11 is 5.64. The van der Waals surface area contributed by atoms with Gasteiger partial charge in [-0.2, -0.15) is 0 Å². The summed E-state index contributed by atoms with van der Waals surface area (Å²) in [5.41, 5.74) is 0. The quantitative estimate of drug-likeness (QED) is 0.795. The highest BCUT2D eigenvalue weighted by Gasteiger charge is 2.29. The number of hydrogen-bond acceptors (Lipinski definition) is 4. The van der Waals surface area contributed by atoms with Gasteiger partial charge in [-0.3, -0.25) is 0 Å². The van der Waals surface area contributed by atoms with Crippen LogP contribution in [0.25, 0.3) is 0 Å². The van der Waals surface area contributed by atoms with Crippen LogP contribution < -0.4 is 4.90 Å². The fourth-order valence-electron chi connectivity index (χ4n) is 1.80. The lowest BCUT2D eigenvalue weighted by atomic mass is 10.1. The molecule has 1 aliphatic rings. The zero-order chi connectivity index (χ0) is 11.5. The Bertz CT molecular complexity index is 348. The lowest BCUT2D eigenvalue weighted by molar-refractivity contribution is 0.0225. The monoisotopic (exact) mass is 245 g/mol. The van der Waals surface area contributed by atoms with E-state index < -0.39 is 6.17 Å². The van der Waals surface area contributed by atoms with E-state index >= 15 is 0 Å².